The molecule has 0 radical (unpaired) electrons. The summed E-state index contributed by atoms with van der Waals surface area (Å²) in [5, 5.41) is 4.54. The molecule has 1 saturated heterocycles. The Kier molecular flexibility index (Phi) is 5.36. The number of carbonyl (C=O) groups is 2. The molecule has 0 atom stereocenters. The molecule has 2 aromatic rings. The number of carbonyl (C=O) groups excluding carboxylic acids is 2. The van der Waals surface area contributed by atoms with E-state index in [2.05, 4.69) is 10.00 Å². The first-order valence-corrected chi connectivity index (χ1v) is 10.0. The zero-order chi connectivity index (χ0) is 20.5. The Morgan fingerprint density at radius 2 is 1.83 bits per heavy atom. The van der Waals surface area contributed by atoms with Crippen LogP contribution in [0.25, 0.3) is 5.69 Å². The van der Waals surface area contributed by atoms with Crippen LogP contribution in [-0.2, 0) is 17.6 Å². The molecule has 8 heteroatoms. The lowest BCUT2D eigenvalue weighted by atomic mass is 10.1. The van der Waals surface area contributed by atoms with Crippen molar-refractivity contribution in [2.24, 2.45) is 0 Å². The Morgan fingerprint density at radius 1 is 1.10 bits per heavy atom. The molecular formula is C21H26FN5O2. The van der Waals surface area contributed by atoms with Crippen molar-refractivity contribution in [3.05, 3.63) is 47.0 Å². The van der Waals surface area contributed by atoms with E-state index >= 15 is 0 Å². The first-order chi connectivity index (χ1) is 14.0. The van der Waals surface area contributed by atoms with Crippen molar-refractivity contribution in [2.45, 2.75) is 19.3 Å². The number of nitrogens with zero attached hydrogens (tertiary/aromatic N) is 5. The van der Waals surface area contributed by atoms with Crippen LogP contribution in [0.4, 0.5) is 4.39 Å². The Bertz CT molecular complexity index is 931. The first-order valence-electron chi connectivity index (χ1n) is 10.0. The van der Waals surface area contributed by atoms with E-state index in [0.717, 1.165) is 30.5 Å². The van der Waals surface area contributed by atoms with Crippen molar-refractivity contribution in [1.82, 2.24) is 24.5 Å². The molecule has 2 aliphatic rings. The van der Waals surface area contributed by atoms with E-state index < -0.39 is 0 Å². The van der Waals surface area contributed by atoms with Gasteiger partial charge in [-0.15, -0.1) is 0 Å². The largest absolute Gasteiger partial charge is 0.348 e. The number of amides is 2. The lowest BCUT2D eigenvalue weighted by Gasteiger charge is -2.34. The number of aromatic nitrogens is 2. The highest BCUT2D eigenvalue weighted by molar-refractivity contribution is 5.94. The van der Waals surface area contributed by atoms with Crippen LogP contribution in [0, 0.1) is 5.82 Å². The summed E-state index contributed by atoms with van der Waals surface area (Å²) in [6.07, 6.45) is 2.54. The van der Waals surface area contributed by atoms with E-state index in [1.807, 2.05) is 0 Å². The quantitative estimate of drug-likeness (QED) is 0.779. The molecule has 29 heavy (non-hydrogen) atoms. The van der Waals surface area contributed by atoms with Gasteiger partial charge in [-0.3, -0.25) is 14.5 Å². The number of para-hydroxylation sites is 1. The molecule has 7 nitrogen and oxygen atoms in total. The van der Waals surface area contributed by atoms with Crippen LogP contribution in [0.15, 0.2) is 24.3 Å². The average Bonchev–Trinajstić information content (AvgIpc) is 3.31. The summed E-state index contributed by atoms with van der Waals surface area (Å²) in [6, 6.07) is 6.52. The third kappa shape index (κ3) is 3.76. The highest BCUT2D eigenvalue weighted by atomic mass is 19.1. The summed E-state index contributed by atoms with van der Waals surface area (Å²) in [6.45, 7) is 2.79. The monoisotopic (exact) mass is 399 g/mol. The summed E-state index contributed by atoms with van der Waals surface area (Å²) < 4.78 is 15.9. The van der Waals surface area contributed by atoms with Crippen molar-refractivity contribution >= 4 is 11.8 Å². The molecule has 0 N–H and O–H groups in total. The number of fused-ring (bicyclic) bond motifs is 1. The second-order valence-electron chi connectivity index (χ2n) is 7.85. The number of likely N-dealkylation sites (N-methyl/N-ethyl adjacent to an activating group) is 1. The van der Waals surface area contributed by atoms with Gasteiger partial charge in [0, 0.05) is 51.5 Å². The van der Waals surface area contributed by atoms with Crippen LogP contribution in [0.1, 0.15) is 28.2 Å². The van der Waals surface area contributed by atoms with E-state index in [-0.39, 0.29) is 17.6 Å². The molecule has 1 aliphatic carbocycles. The second kappa shape index (κ2) is 7.94. The number of piperazine rings is 1. The lowest BCUT2D eigenvalue weighted by Crippen LogP contribution is -2.51. The van der Waals surface area contributed by atoms with Gasteiger partial charge in [-0.05, 0) is 31.4 Å². The second-order valence-corrected chi connectivity index (χ2v) is 7.85. The number of hydrogen-bond acceptors (Lipinski definition) is 4. The molecular weight excluding hydrogens is 373 g/mol. The molecule has 0 unspecified atom stereocenters. The van der Waals surface area contributed by atoms with Gasteiger partial charge in [0.25, 0.3) is 5.91 Å². The van der Waals surface area contributed by atoms with Crippen LogP contribution in [0.3, 0.4) is 0 Å². The van der Waals surface area contributed by atoms with Crippen LogP contribution in [-0.4, -0.2) is 83.1 Å². The van der Waals surface area contributed by atoms with Gasteiger partial charge in [-0.1, -0.05) is 12.1 Å². The molecule has 2 amide bonds. The number of rotatable bonds is 4. The fourth-order valence-electron chi connectivity index (χ4n) is 4.02. The third-order valence-corrected chi connectivity index (χ3v) is 5.73. The van der Waals surface area contributed by atoms with Gasteiger partial charge in [0.15, 0.2) is 5.69 Å². The van der Waals surface area contributed by atoms with Crippen LogP contribution < -0.4 is 0 Å². The molecule has 0 bridgehead atoms. The van der Waals surface area contributed by atoms with Gasteiger partial charge in [0.1, 0.15) is 11.5 Å². The standard InChI is InChI=1S/C21H26FN5O2/c1-24(2)19(28)14-25-10-12-26(13-11-25)21(29)20-15-6-5-9-17(15)27(23-20)18-8-4-3-7-16(18)22/h3-4,7-8H,5-6,9-14H2,1-2H3. The van der Waals surface area contributed by atoms with Gasteiger partial charge >= 0.3 is 0 Å². The molecule has 0 saturated carbocycles. The summed E-state index contributed by atoms with van der Waals surface area (Å²) in [5.74, 6) is -0.383. The first kappa shape index (κ1) is 19.6. The predicted molar refractivity (Wildman–Crippen MR) is 107 cm³/mol. The molecule has 154 valence electrons. The molecule has 1 fully saturated rings. The molecule has 1 aromatic carbocycles. The van der Waals surface area contributed by atoms with Crippen molar-refractivity contribution in [3.8, 4) is 5.69 Å². The van der Waals surface area contributed by atoms with Crippen LogP contribution in [0.2, 0.25) is 0 Å². The summed E-state index contributed by atoms with van der Waals surface area (Å²) in [4.78, 5) is 30.5. The van der Waals surface area contributed by atoms with Gasteiger partial charge < -0.3 is 9.80 Å². The Hall–Kier alpha value is -2.74. The molecule has 1 aromatic heterocycles. The highest BCUT2D eigenvalue weighted by Crippen LogP contribution is 2.29. The smallest absolute Gasteiger partial charge is 0.274 e. The fourth-order valence-corrected chi connectivity index (χ4v) is 4.02. The zero-order valence-corrected chi connectivity index (χ0v) is 16.9. The molecule has 2 heterocycles. The van der Waals surface area contributed by atoms with Gasteiger partial charge in [-0.2, -0.15) is 5.10 Å². The fraction of sp³-hybridized carbons (Fsp3) is 0.476. The molecule has 1 aliphatic heterocycles. The Labute approximate surface area is 169 Å². The van der Waals surface area contributed by atoms with Gasteiger partial charge in [-0.25, -0.2) is 9.07 Å². The maximum atomic E-state index is 14.3. The van der Waals surface area contributed by atoms with Gasteiger partial charge in [0.05, 0.1) is 6.54 Å². The third-order valence-electron chi connectivity index (χ3n) is 5.73. The maximum Gasteiger partial charge on any atom is 0.274 e. The van der Waals surface area contributed by atoms with Gasteiger partial charge in [0.2, 0.25) is 5.91 Å². The maximum absolute atomic E-state index is 14.3. The molecule has 0 spiro atoms. The van der Waals surface area contributed by atoms with E-state index in [1.165, 1.54) is 6.07 Å². The van der Waals surface area contributed by atoms with E-state index in [1.54, 1.807) is 46.8 Å². The summed E-state index contributed by atoms with van der Waals surface area (Å²) >= 11 is 0. The van der Waals surface area contributed by atoms with Crippen LogP contribution in [0.5, 0.6) is 0 Å². The van der Waals surface area contributed by atoms with Crippen molar-refractivity contribution in [1.29, 1.82) is 0 Å². The van der Waals surface area contributed by atoms with E-state index in [0.29, 0.717) is 44.1 Å². The zero-order valence-electron chi connectivity index (χ0n) is 16.9. The predicted octanol–water partition coefficient (Wildman–Crippen LogP) is 1.35. The number of hydrogen-bond donors (Lipinski definition) is 0. The normalized spacial score (nSPS) is 16.7. The minimum Gasteiger partial charge on any atom is -0.348 e. The SMILES string of the molecule is CN(C)C(=O)CN1CCN(C(=O)c2nn(-c3ccccc3F)c3c2CCC3)CC1. The topological polar surface area (TPSA) is 61.7 Å². The van der Waals surface area contributed by atoms with Crippen molar-refractivity contribution < 1.29 is 14.0 Å². The Balaban J connectivity index is 1.51. The number of benzene rings is 1. The Morgan fingerprint density at radius 3 is 2.52 bits per heavy atom. The minimum absolute atomic E-state index is 0.0613. The summed E-state index contributed by atoms with van der Waals surface area (Å²) in [5.41, 5.74) is 2.72. The number of halogens is 1. The van der Waals surface area contributed by atoms with E-state index in [4.69, 9.17) is 0 Å². The molecule has 4 rings (SSSR count). The van der Waals surface area contributed by atoms with E-state index in [9.17, 15) is 14.0 Å². The summed E-state index contributed by atoms with van der Waals surface area (Å²) in [7, 11) is 3.49. The minimum atomic E-state index is -0.345. The average molecular weight is 399 g/mol. The van der Waals surface area contributed by atoms with Crippen molar-refractivity contribution in [2.75, 3.05) is 46.8 Å². The van der Waals surface area contributed by atoms with Crippen LogP contribution >= 0.6 is 0 Å². The lowest BCUT2D eigenvalue weighted by molar-refractivity contribution is -0.130. The highest BCUT2D eigenvalue weighted by Gasteiger charge is 2.31. The van der Waals surface area contributed by atoms with Crippen molar-refractivity contribution in [3.63, 3.8) is 0 Å².